The molecule has 1 rings (SSSR count). The van der Waals surface area contributed by atoms with E-state index in [0.717, 1.165) is 0 Å². The Morgan fingerprint density at radius 1 is 1.29 bits per heavy atom. The zero-order valence-corrected chi connectivity index (χ0v) is 10.4. The molecule has 0 aromatic heterocycles. The lowest BCUT2D eigenvalue weighted by molar-refractivity contribution is 0.780. The Hall–Kier alpha value is -0.430. The summed E-state index contributed by atoms with van der Waals surface area (Å²) in [4.78, 5) is 0. The molecule has 0 fully saturated rings. The number of rotatable bonds is 4. The van der Waals surface area contributed by atoms with Crippen LogP contribution in [0, 0.1) is 0 Å². The van der Waals surface area contributed by atoms with Crippen molar-refractivity contribution < 1.29 is 0 Å². The molecule has 0 aliphatic carbocycles. The van der Waals surface area contributed by atoms with Crippen LogP contribution in [0.4, 0.5) is 0 Å². The van der Waals surface area contributed by atoms with Crippen molar-refractivity contribution in [3.63, 3.8) is 0 Å². The standard InChI is InChI=1S/C13H20S/c1-5-7-11-8-6-9-12(10-11)13(2,3)14-4/h6,8-10H,5,7H2,1-4H3. The van der Waals surface area contributed by atoms with Crippen LogP contribution in [0.15, 0.2) is 24.3 Å². The van der Waals surface area contributed by atoms with E-state index in [1.807, 2.05) is 11.8 Å². The molecular weight excluding hydrogens is 188 g/mol. The number of benzene rings is 1. The van der Waals surface area contributed by atoms with Gasteiger partial charge in [-0.3, -0.25) is 0 Å². The van der Waals surface area contributed by atoms with E-state index in [2.05, 4.69) is 51.3 Å². The monoisotopic (exact) mass is 208 g/mol. The second-order valence-electron chi connectivity index (χ2n) is 4.16. The molecule has 0 aliphatic heterocycles. The third kappa shape index (κ3) is 2.78. The Kier molecular flexibility index (Phi) is 4.06. The fourth-order valence-corrected chi connectivity index (χ4v) is 1.87. The average molecular weight is 208 g/mol. The van der Waals surface area contributed by atoms with Crippen molar-refractivity contribution in [2.75, 3.05) is 6.26 Å². The molecule has 14 heavy (non-hydrogen) atoms. The largest absolute Gasteiger partial charge is 0.154 e. The minimum atomic E-state index is 0.240. The molecule has 78 valence electrons. The Morgan fingerprint density at radius 2 is 2.00 bits per heavy atom. The molecular formula is C13H20S. The summed E-state index contributed by atoms with van der Waals surface area (Å²) < 4.78 is 0.240. The number of aryl methyl sites for hydroxylation is 1. The summed E-state index contributed by atoms with van der Waals surface area (Å²) >= 11 is 1.91. The number of hydrogen-bond donors (Lipinski definition) is 0. The lowest BCUT2D eigenvalue weighted by Crippen LogP contribution is -2.11. The van der Waals surface area contributed by atoms with Crippen molar-refractivity contribution in [2.24, 2.45) is 0 Å². The molecule has 0 spiro atoms. The van der Waals surface area contributed by atoms with E-state index in [0.29, 0.717) is 0 Å². The fourth-order valence-electron chi connectivity index (χ4n) is 1.51. The molecule has 0 N–H and O–H groups in total. The Labute approximate surface area is 92.1 Å². The minimum Gasteiger partial charge on any atom is -0.154 e. The average Bonchev–Trinajstić information content (AvgIpc) is 2.19. The van der Waals surface area contributed by atoms with E-state index in [1.165, 1.54) is 24.0 Å². The molecule has 0 saturated heterocycles. The maximum atomic E-state index is 2.35. The second-order valence-corrected chi connectivity index (χ2v) is 5.59. The van der Waals surface area contributed by atoms with E-state index in [4.69, 9.17) is 0 Å². The predicted molar refractivity (Wildman–Crippen MR) is 67.0 cm³/mol. The predicted octanol–water partition coefficient (Wildman–Crippen LogP) is 4.24. The van der Waals surface area contributed by atoms with Crippen molar-refractivity contribution in [1.29, 1.82) is 0 Å². The van der Waals surface area contributed by atoms with Crippen LogP contribution in [-0.2, 0) is 11.2 Å². The third-order valence-corrected chi connectivity index (χ3v) is 3.93. The van der Waals surface area contributed by atoms with Crippen LogP contribution in [0.2, 0.25) is 0 Å². The number of thioether (sulfide) groups is 1. The van der Waals surface area contributed by atoms with Gasteiger partial charge in [0.15, 0.2) is 0 Å². The molecule has 0 unspecified atom stereocenters. The summed E-state index contributed by atoms with van der Waals surface area (Å²) in [6, 6.07) is 8.98. The quantitative estimate of drug-likeness (QED) is 0.713. The smallest absolute Gasteiger partial charge is 0.0349 e. The van der Waals surface area contributed by atoms with Gasteiger partial charge in [-0.05, 0) is 37.7 Å². The van der Waals surface area contributed by atoms with Gasteiger partial charge < -0.3 is 0 Å². The molecule has 0 radical (unpaired) electrons. The minimum absolute atomic E-state index is 0.240. The SMILES string of the molecule is CCCc1cccc(C(C)(C)SC)c1. The number of hydrogen-bond acceptors (Lipinski definition) is 1. The summed E-state index contributed by atoms with van der Waals surface area (Å²) in [6.45, 7) is 6.79. The van der Waals surface area contributed by atoms with Crippen LogP contribution in [-0.4, -0.2) is 6.26 Å². The molecule has 0 nitrogen and oxygen atoms in total. The zero-order chi connectivity index (χ0) is 10.6. The van der Waals surface area contributed by atoms with Crippen molar-refractivity contribution in [2.45, 2.75) is 38.4 Å². The summed E-state index contributed by atoms with van der Waals surface area (Å²) in [7, 11) is 0. The summed E-state index contributed by atoms with van der Waals surface area (Å²) in [5, 5.41) is 0. The van der Waals surface area contributed by atoms with Crippen molar-refractivity contribution in [3.05, 3.63) is 35.4 Å². The van der Waals surface area contributed by atoms with Gasteiger partial charge in [0.1, 0.15) is 0 Å². The first-order valence-corrected chi connectivity index (χ1v) is 6.47. The molecule has 0 bridgehead atoms. The van der Waals surface area contributed by atoms with Crippen molar-refractivity contribution in [3.8, 4) is 0 Å². The normalized spacial score (nSPS) is 11.7. The zero-order valence-electron chi connectivity index (χ0n) is 9.63. The molecule has 0 aliphatic rings. The Balaban J connectivity index is 2.93. The Bertz CT molecular complexity index is 289. The lowest BCUT2D eigenvalue weighted by atomic mass is 9.98. The maximum Gasteiger partial charge on any atom is 0.0349 e. The van der Waals surface area contributed by atoms with Crippen LogP contribution in [0.25, 0.3) is 0 Å². The van der Waals surface area contributed by atoms with E-state index in [1.54, 1.807) is 0 Å². The van der Waals surface area contributed by atoms with Crippen molar-refractivity contribution >= 4 is 11.8 Å². The molecule has 1 aromatic carbocycles. The van der Waals surface area contributed by atoms with Crippen LogP contribution >= 0.6 is 11.8 Å². The van der Waals surface area contributed by atoms with Crippen LogP contribution in [0.5, 0.6) is 0 Å². The van der Waals surface area contributed by atoms with E-state index < -0.39 is 0 Å². The highest BCUT2D eigenvalue weighted by atomic mass is 32.2. The topological polar surface area (TPSA) is 0 Å². The third-order valence-electron chi connectivity index (χ3n) is 2.67. The van der Waals surface area contributed by atoms with Crippen LogP contribution in [0.3, 0.4) is 0 Å². The highest BCUT2D eigenvalue weighted by Gasteiger charge is 2.18. The van der Waals surface area contributed by atoms with Gasteiger partial charge >= 0.3 is 0 Å². The summed E-state index contributed by atoms with van der Waals surface area (Å²) in [5.74, 6) is 0. The van der Waals surface area contributed by atoms with Gasteiger partial charge in [0.2, 0.25) is 0 Å². The highest BCUT2D eigenvalue weighted by molar-refractivity contribution is 7.99. The fraction of sp³-hybridized carbons (Fsp3) is 0.538. The van der Waals surface area contributed by atoms with Crippen LogP contribution in [0.1, 0.15) is 38.3 Å². The summed E-state index contributed by atoms with van der Waals surface area (Å²) in [6.07, 6.45) is 4.59. The summed E-state index contributed by atoms with van der Waals surface area (Å²) in [5.41, 5.74) is 2.91. The van der Waals surface area contributed by atoms with Gasteiger partial charge in [0.05, 0.1) is 0 Å². The first kappa shape index (κ1) is 11.6. The molecule has 0 saturated carbocycles. The van der Waals surface area contributed by atoms with E-state index in [9.17, 15) is 0 Å². The van der Waals surface area contributed by atoms with Gasteiger partial charge in [0, 0.05) is 4.75 Å². The van der Waals surface area contributed by atoms with Gasteiger partial charge in [-0.1, -0.05) is 37.6 Å². The highest BCUT2D eigenvalue weighted by Crippen LogP contribution is 2.33. The lowest BCUT2D eigenvalue weighted by Gasteiger charge is -2.23. The molecule has 0 amide bonds. The first-order chi connectivity index (χ1) is 6.60. The first-order valence-electron chi connectivity index (χ1n) is 5.24. The van der Waals surface area contributed by atoms with Gasteiger partial charge in [-0.25, -0.2) is 0 Å². The van der Waals surface area contributed by atoms with Gasteiger partial charge in [0.25, 0.3) is 0 Å². The molecule has 0 atom stereocenters. The second kappa shape index (κ2) is 4.88. The Morgan fingerprint density at radius 3 is 2.57 bits per heavy atom. The van der Waals surface area contributed by atoms with Crippen LogP contribution < -0.4 is 0 Å². The van der Waals surface area contributed by atoms with E-state index in [-0.39, 0.29) is 4.75 Å². The van der Waals surface area contributed by atoms with Gasteiger partial charge in [-0.2, -0.15) is 11.8 Å². The molecule has 1 heteroatoms. The van der Waals surface area contributed by atoms with E-state index >= 15 is 0 Å². The van der Waals surface area contributed by atoms with Gasteiger partial charge in [-0.15, -0.1) is 0 Å². The maximum absolute atomic E-state index is 2.35. The van der Waals surface area contributed by atoms with Crippen molar-refractivity contribution in [1.82, 2.24) is 0 Å². The molecule has 1 aromatic rings. The molecule has 0 heterocycles.